The zero-order valence-corrected chi connectivity index (χ0v) is 12.2. The number of aliphatic carboxylic acids is 1. The van der Waals surface area contributed by atoms with Crippen LogP contribution >= 0.6 is 0 Å². The smallest absolute Gasteiger partial charge is 0.326 e. The van der Waals surface area contributed by atoms with E-state index in [1.807, 2.05) is 6.92 Å². The summed E-state index contributed by atoms with van der Waals surface area (Å²) in [4.78, 5) is 23.5. The van der Waals surface area contributed by atoms with Crippen LogP contribution in [0, 0.1) is 5.92 Å². The second-order valence-corrected chi connectivity index (χ2v) is 5.09. The van der Waals surface area contributed by atoms with Crippen LogP contribution in [0.5, 0.6) is 0 Å². The quantitative estimate of drug-likeness (QED) is 0.862. The van der Waals surface area contributed by atoms with Crippen molar-refractivity contribution < 1.29 is 14.7 Å². The fraction of sp³-hybridized carbons (Fsp3) is 0.429. The highest BCUT2D eigenvalue weighted by molar-refractivity contribution is 5.99. The average Bonchev–Trinajstić information content (AvgIpc) is 2.84. The van der Waals surface area contributed by atoms with Gasteiger partial charge in [-0.1, -0.05) is 25.5 Å². The van der Waals surface area contributed by atoms with Crippen molar-refractivity contribution in [2.24, 2.45) is 13.0 Å². The van der Waals surface area contributed by atoms with Crippen LogP contribution in [-0.4, -0.2) is 38.0 Å². The third kappa shape index (κ3) is 3.01. The van der Waals surface area contributed by atoms with Crippen LogP contribution in [0.25, 0.3) is 11.0 Å². The lowest BCUT2D eigenvalue weighted by Crippen LogP contribution is -2.45. The van der Waals surface area contributed by atoms with E-state index in [4.69, 9.17) is 0 Å². The summed E-state index contributed by atoms with van der Waals surface area (Å²) in [5, 5.41) is 19.6. The lowest BCUT2D eigenvalue weighted by atomic mass is 9.99. The largest absolute Gasteiger partial charge is 0.480 e. The number of fused-ring (bicyclic) bond motifs is 1. The summed E-state index contributed by atoms with van der Waals surface area (Å²) in [6.45, 7) is 3.69. The molecule has 0 bridgehead atoms. The van der Waals surface area contributed by atoms with E-state index in [1.54, 1.807) is 36.9 Å². The number of amides is 1. The van der Waals surface area contributed by atoms with Gasteiger partial charge in [0, 0.05) is 12.6 Å². The van der Waals surface area contributed by atoms with Gasteiger partial charge in [0.05, 0.1) is 5.52 Å². The summed E-state index contributed by atoms with van der Waals surface area (Å²) in [5.41, 5.74) is 1.80. The Hall–Kier alpha value is -2.44. The van der Waals surface area contributed by atoms with Gasteiger partial charge >= 0.3 is 5.97 Å². The maximum absolute atomic E-state index is 12.2. The van der Waals surface area contributed by atoms with E-state index in [-0.39, 0.29) is 5.92 Å². The van der Waals surface area contributed by atoms with Gasteiger partial charge in [-0.3, -0.25) is 4.79 Å². The van der Waals surface area contributed by atoms with Gasteiger partial charge in [0.15, 0.2) is 0 Å². The molecule has 0 aliphatic carbocycles. The van der Waals surface area contributed by atoms with Crippen molar-refractivity contribution in [1.29, 1.82) is 0 Å². The first-order chi connectivity index (χ1) is 9.93. The molecule has 1 amide bonds. The highest BCUT2D eigenvalue weighted by atomic mass is 16.4. The number of nitrogens with one attached hydrogen (secondary N) is 1. The maximum Gasteiger partial charge on any atom is 0.326 e. The Bertz CT molecular complexity index is 680. The monoisotopic (exact) mass is 290 g/mol. The van der Waals surface area contributed by atoms with Gasteiger partial charge in [0.25, 0.3) is 5.91 Å². The van der Waals surface area contributed by atoms with E-state index in [0.717, 1.165) is 5.52 Å². The number of carbonyl (C=O) groups excluding carboxylic acids is 1. The second-order valence-electron chi connectivity index (χ2n) is 5.09. The molecule has 0 saturated carbocycles. The first-order valence-electron chi connectivity index (χ1n) is 6.77. The predicted octanol–water partition coefficient (Wildman–Crippen LogP) is 1.20. The number of aromatic nitrogens is 3. The number of carboxylic acid groups (broad SMARTS) is 1. The Morgan fingerprint density at radius 3 is 2.76 bits per heavy atom. The molecule has 0 fully saturated rings. The van der Waals surface area contributed by atoms with Crippen LogP contribution in [0.2, 0.25) is 0 Å². The van der Waals surface area contributed by atoms with Crippen molar-refractivity contribution in [2.75, 3.05) is 0 Å². The number of aryl methyl sites for hydroxylation is 1. The van der Waals surface area contributed by atoms with Gasteiger partial charge in [-0.25, -0.2) is 9.48 Å². The molecule has 21 heavy (non-hydrogen) atoms. The van der Waals surface area contributed by atoms with Crippen LogP contribution in [-0.2, 0) is 11.8 Å². The Morgan fingerprint density at radius 1 is 1.43 bits per heavy atom. The topological polar surface area (TPSA) is 97.1 Å². The predicted molar refractivity (Wildman–Crippen MR) is 76.9 cm³/mol. The van der Waals surface area contributed by atoms with E-state index in [0.29, 0.717) is 17.5 Å². The fourth-order valence-electron chi connectivity index (χ4n) is 2.08. The molecule has 0 aliphatic heterocycles. The fourth-order valence-corrected chi connectivity index (χ4v) is 2.08. The van der Waals surface area contributed by atoms with Crippen molar-refractivity contribution in [3.8, 4) is 0 Å². The van der Waals surface area contributed by atoms with Crippen molar-refractivity contribution in [2.45, 2.75) is 26.3 Å². The van der Waals surface area contributed by atoms with Crippen LogP contribution in [0.1, 0.15) is 30.6 Å². The molecule has 0 saturated heterocycles. The summed E-state index contributed by atoms with van der Waals surface area (Å²) in [5.74, 6) is -1.58. The molecule has 7 nitrogen and oxygen atoms in total. The van der Waals surface area contributed by atoms with Crippen LogP contribution in [0.15, 0.2) is 18.2 Å². The zero-order valence-electron chi connectivity index (χ0n) is 12.2. The summed E-state index contributed by atoms with van der Waals surface area (Å²) >= 11 is 0. The molecule has 0 aliphatic rings. The van der Waals surface area contributed by atoms with Crippen molar-refractivity contribution in [3.63, 3.8) is 0 Å². The molecule has 1 heterocycles. The zero-order chi connectivity index (χ0) is 15.6. The Morgan fingerprint density at radius 2 is 2.14 bits per heavy atom. The number of hydrogen-bond donors (Lipinski definition) is 2. The highest BCUT2D eigenvalue weighted by Crippen LogP contribution is 2.14. The standard InChI is InChI=1S/C14H18N4O3/c1-4-8(2)12(14(20)21)15-13(19)9-5-6-10-11(7-9)18(3)17-16-10/h5-8,12H,4H2,1-3H3,(H,15,19)(H,20,21)/t8-,12-/m0/s1. The highest BCUT2D eigenvalue weighted by Gasteiger charge is 2.25. The number of hydrogen-bond acceptors (Lipinski definition) is 4. The molecule has 2 atom stereocenters. The van der Waals surface area contributed by atoms with E-state index in [2.05, 4.69) is 15.6 Å². The van der Waals surface area contributed by atoms with Crippen LogP contribution in [0.4, 0.5) is 0 Å². The lowest BCUT2D eigenvalue weighted by Gasteiger charge is -2.20. The first-order valence-corrected chi connectivity index (χ1v) is 6.77. The van der Waals surface area contributed by atoms with Gasteiger partial charge in [-0.2, -0.15) is 0 Å². The van der Waals surface area contributed by atoms with E-state index in [1.165, 1.54) is 0 Å². The van der Waals surface area contributed by atoms with Crippen LogP contribution < -0.4 is 5.32 Å². The summed E-state index contributed by atoms with van der Waals surface area (Å²) in [7, 11) is 1.73. The molecule has 0 radical (unpaired) electrons. The molecule has 7 heteroatoms. The molecular weight excluding hydrogens is 272 g/mol. The van der Waals surface area contributed by atoms with Gasteiger partial charge < -0.3 is 10.4 Å². The summed E-state index contributed by atoms with van der Waals surface area (Å²) in [6.07, 6.45) is 0.669. The minimum absolute atomic E-state index is 0.145. The summed E-state index contributed by atoms with van der Waals surface area (Å²) < 4.78 is 1.56. The first kappa shape index (κ1) is 15.0. The van der Waals surface area contributed by atoms with Crippen molar-refractivity contribution in [3.05, 3.63) is 23.8 Å². The molecule has 2 aromatic rings. The molecule has 0 spiro atoms. The van der Waals surface area contributed by atoms with E-state index in [9.17, 15) is 14.7 Å². The Balaban J connectivity index is 2.24. The van der Waals surface area contributed by atoms with Gasteiger partial charge in [0.2, 0.25) is 0 Å². The van der Waals surface area contributed by atoms with Gasteiger partial charge in [-0.15, -0.1) is 5.10 Å². The van der Waals surface area contributed by atoms with Crippen molar-refractivity contribution in [1.82, 2.24) is 20.3 Å². The third-order valence-corrected chi connectivity index (χ3v) is 3.64. The van der Waals surface area contributed by atoms with Crippen LogP contribution in [0.3, 0.4) is 0 Å². The molecule has 1 aromatic heterocycles. The molecule has 0 unspecified atom stereocenters. The number of nitrogens with zero attached hydrogens (tertiary/aromatic N) is 3. The SMILES string of the molecule is CC[C@H](C)[C@H](NC(=O)c1ccc2nnn(C)c2c1)C(=O)O. The van der Waals surface area contributed by atoms with E-state index >= 15 is 0 Å². The number of rotatable bonds is 5. The summed E-state index contributed by atoms with van der Waals surface area (Å²) in [6, 6.07) is 4.06. The number of carboxylic acids is 1. The Kier molecular flexibility index (Phi) is 4.21. The van der Waals surface area contributed by atoms with Crippen molar-refractivity contribution >= 4 is 22.9 Å². The molecule has 1 aromatic carbocycles. The van der Waals surface area contributed by atoms with E-state index < -0.39 is 17.9 Å². The normalized spacial score (nSPS) is 13.9. The van der Waals surface area contributed by atoms with Gasteiger partial charge in [-0.05, 0) is 24.1 Å². The number of carbonyl (C=O) groups is 2. The minimum atomic E-state index is -1.03. The number of benzene rings is 1. The lowest BCUT2D eigenvalue weighted by molar-refractivity contribution is -0.140. The molecule has 2 N–H and O–H groups in total. The van der Waals surface area contributed by atoms with Gasteiger partial charge in [0.1, 0.15) is 11.6 Å². The average molecular weight is 290 g/mol. The molecular formula is C14H18N4O3. The Labute approximate surface area is 121 Å². The third-order valence-electron chi connectivity index (χ3n) is 3.64. The molecule has 2 rings (SSSR count). The minimum Gasteiger partial charge on any atom is -0.480 e. The second kappa shape index (κ2) is 5.90. The molecule has 112 valence electrons. The maximum atomic E-state index is 12.2.